The van der Waals surface area contributed by atoms with Crippen molar-refractivity contribution in [1.29, 1.82) is 0 Å². The topological polar surface area (TPSA) is 41.1 Å². The fourth-order valence-corrected chi connectivity index (χ4v) is 1.86. The predicted octanol–water partition coefficient (Wildman–Crippen LogP) is 2.61. The Bertz CT molecular complexity index is 391. The molecule has 0 heterocycles. The van der Waals surface area contributed by atoms with Gasteiger partial charge in [-0.2, -0.15) is 0 Å². The van der Waals surface area contributed by atoms with Gasteiger partial charge in [-0.05, 0) is 43.4 Å². The zero-order valence-electron chi connectivity index (χ0n) is 10.7. The van der Waals surface area contributed by atoms with E-state index in [9.17, 15) is 4.79 Å². The second kappa shape index (κ2) is 7.39. The molecule has 0 radical (unpaired) electrons. The summed E-state index contributed by atoms with van der Waals surface area (Å²) < 4.78 is 0. The largest absolute Gasteiger partial charge is 0.325 e. The van der Waals surface area contributed by atoms with Crippen molar-refractivity contribution in [2.75, 3.05) is 18.4 Å². The van der Waals surface area contributed by atoms with Crippen molar-refractivity contribution < 1.29 is 4.79 Å². The Hall–Kier alpha value is -1.06. The van der Waals surface area contributed by atoms with Crippen LogP contribution < -0.4 is 10.6 Å². The summed E-state index contributed by atoms with van der Waals surface area (Å²) in [5.41, 5.74) is 2.12. The van der Waals surface area contributed by atoms with Crippen LogP contribution in [0.25, 0.3) is 0 Å². The number of benzene rings is 1. The van der Waals surface area contributed by atoms with Crippen molar-refractivity contribution in [1.82, 2.24) is 5.32 Å². The number of amides is 1. The number of halogens is 1. The number of carbonyl (C=O) groups is 1. The maximum atomic E-state index is 11.7. The van der Waals surface area contributed by atoms with Crippen LogP contribution in [0.2, 0.25) is 0 Å². The lowest BCUT2D eigenvalue weighted by Crippen LogP contribution is -2.29. The number of anilines is 1. The van der Waals surface area contributed by atoms with Crippen molar-refractivity contribution in [2.45, 2.75) is 26.2 Å². The van der Waals surface area contributed by atoms with E-state index in [2.05, 4.69) is 17.6 Å². The molecule has 0 spiro atoms. The van der Waals surface area contributed by atoms with E-state index < -0.39 is 0 Å². The number of carbonyl (C=O) groups excluding carboxylic acids is 1. The minimum absolute atomic E-state index is 0. The summed E-state index contributed by atoms with van der Waals surface area (Å²) in [6.45, 7) is 3.48. The normalized spacial score (nSPS) is 13.8. The average molecular weight is 269 g/mol. The summed E-state index contributed by atoms with van der Waals surface area (Å²) in [5.74, 6) is 0.859. The molecule has 0 atom stereocenters. The van der Waals surface area contributed by atoms with Crippen molar-refractivity contribution in [3.8, 4) is 0 Å². The van der Waals surface area contributed by atoms with Gasteiger partial charge in [0.25, 0.3) is 0 Å². The first-order valence-corrected chi connectivity index (χ1v) is 6.38. The lowest BCUT2D eigenvalue weighted by atomic mass is 10.1. The first-order valence-electron chi connectivity index (χ1n) is 6.38. The average Bonchev–Trinajstić information content (AvgIpc) is 3.14. The standard InChI is InChI=1S/C14H20N2O.ClH/c1-2-12-5-3-4-6-13(12)16-14(17)10-15-9-11-7-8-11;/h3-6,11,15H,2,7-10H2,1H3,(H,16,17);1H. The molecule has 0 bridgehead atoms. The molecule has 1 aliphatic rings. The highest BCUT2D eigenvalue weighted by atomic mass is 35.5. The van der Waals surface area contributed by atoms with Gasteiger partial charge < -0.3 is 10.6 Å². The van der Waals surface area contributed by atoms with Crippen molar-refractivity contribution >= 4 is 24.0 Å². The van der Waals surface area contributed by atoms with Gasteiger partial charge in [0.15, 0.2) is 0 Å². The molecule has 1 saturated carbocycles. The minimum atomic E-state index is 0. The predicted molar refractivity (Wildman–Crippen MR) is 77.3 cm³/mol. The summed E-state index contributed by atoms with van der Waals surface area (Å²) in [4.78, 5) is 11.7. The van der Waals surface area contributed by atoms with E-state index in [1.54, 1.807) is 0 Å². The number of hydrogen-bond acceptors (Lipinski definition) is 2. The molecule has 0 saturated heterocycles. The Balaban J connectivity index is 0.00000162. The fraction of sp³-hybridized carbons (Fsp3) is 0.500. The SMILES string of the molecule is CCc1ccccc1NC(=O)CNCC1CC1.Cl. The van der Waals surface area contributed by atoms with Gasteiger partial charge in [0, 0.05) is 5.69 Å². The third-order valence-electron chi connectivity index (χ3n) is 3.09. The third kappa shape index (κ3) is 4.67. The number of nitrogens with one attached hydrogen (secondary N) is 2. The van der Waals surface area contributed by atoms with E-state index in [4.69, 9.17) is 0 Å². The van der Waals surface area contributed by atoms with Crippen molar-refractivity contribution in [3.63, 3.8) is 0 Å². The molecule has 2 N–H and O–H groups in total. The summed E-state index contributed by atoms with van der Waals surface area (Å²) in [5, 5.41) is 6.15. The molecule has 0 unspecified atom stereocenters. The zero-order valence-corrected chi connectivity index (χ0v) is 11.6. The number of rotatable bonds is 6. The van der Waals surface area contributed by atoms with Crippen LogP contribution in [0.3, 0.4) is 0 Å². The second-order valence-corrected chi connectivity index (χ2v) is 4.63. The van der Waals surface area contributed by atoms with E-state index in [-0.39, 0.29) is 18.3 Å². The van der Waals surface area contributed by atoms with E-state index in [1.165, 1.54) is 18.4 Å². The van der Waals surface area contributed by atoms with E-state index in [0.29, 0.717) is 6.54 Å². The smallest absolute Gasteiger partial charge is 0.238 e. The van der Waals surface area contributed by atoms with Crippen LogP contribution in [0.1, 0.15) is 25.3 Å². The summed E-state index contributed by atoms with van der Waals surface area (Å²) in [6, 6.07) is 7.96. The van der Waals surface area contributed by atoms with Crippen LogP contribution in [-0.4, -0.2) is 19.0 Å². The third-order valence-corrected chi connectivity index (χ3v) is 3.09. The summed E-state index contributed by atoms with van der Waals surface area (Å²) in [7, 11) is 0. The quantitative estimate of drug-likeness (QED) is 0.833. The molecule has 1 aromatic rings. The molecule has 0 aromatic heterocycles. The highest BCUT2D eigenvalue weighted by molar-refractivity contribution is 5.92. The summed E-state index contributed by atoms with van der Waals surface area (Å²) in [6.07, 6.45) is 3.56. The molecule has 1 aliphatic carbocycles. The van der Waals surface area contributed by atoms with Gasteiger partial charge in [0.1, 0.15) is 0 Å². The molecule has 2 rings (SSSR count). The van der Waals surface area contributed by atoms with E-state index in [1.807, 2.05) is 24.3 Å². The molecule has 4 heteroatoms. The van der Waals surface area contributed by atoms with Crippen LogP contribution in [0.15, 0.2) is 24.3 Å². The van der Waals surface area contributed by atoms with Crippen LogP contribution in [0, 0.1) is 5.92 Å². The number of hydrogen-bond donors (Lipinski definition) is 2. The molecular weight excluding hydrogens is 248 g/mol. The molecule has 0 aliphatic heterocycles. The Morgan fingerprint density at radius 2 is 2.06 bits per heavy atom. The Kier molecular flexibility index (Phi) is 6.16. The van der Waals surface area contributed by atoms with Crippen LogP contribution >= 0.6 is 12.4 Å². The number of aryl methyl sites for hydroxylation is 1. The highest BCUT2D eigenvalue weighted by Crippen LogP contribution is 2.27. The minimum Gasteiger partial charge on any atom is -0.325 e. The Labute approximate surface area is 115 Å². The van der Waals surface area contributed by atoms with Gasteiger partial charge in [-0.3, -0.25) is 4.79 Å². The first kappa shape index (κ1) is 15.0. The molecule has 1 amide bonds. The van der Waals surface area contributed by atoms with Crippen molar-refractivity contribution in [2.24, 2.45) is 5.92 Å². The molecule has 1 fully saturated rings. The fourth-order valence-electron chi connectivity index (χ4n) is 1.86. The maximum absolute atomic E-state index is 11.7. The molecule has 3 nitrogen and oxygen atoms in total. The number of para-hydroxylation sites is 1. The van der Waals surface area contributed by atoms with Gasteiger partial charge >= 0.3 is 0 Å². The lowest BCUT2D eigenvalue weighted by Gasteiger charge is -2.10. The Morgan fingerprint density at radius 3 is 2.72 bits per heavy atom. The second-order valence-electron chi connectivity index (χ2n) is 4.63. The Morgan fingerprint density at radius 1 is 1.33 bits per heavy atom. The monoisotopic (exact) mass is 268 g/mol. The van der Waals surface area contributed by atoms with Gasteiger partial charge in [-0.15, -0.1) is 12.4 Å². The maximum Gasteiger partial charge on any atom is 0.238 e. The van der Waals surface area contributed by atoms with Crippen LogP contribution in [-0.2, 0) is 11.2 Å². The van der Waals surface area contributed by atoms with E-state index >= 15 is 0 Å². The van der Waals surface area contributed by atoms with Crippen LogP contribution in [0.4, 0.5) is 5.69 Å². The van der Waals surface area contributed by atoms with Crippen molar-refractivity contribution in [3.05, 3.63) is 29.8 Å². The molecular formula is C14H21ClN2O. The molecule has 18 heavy (non-hydrogen) atoms. The van der Waals surface area contributed by atoms with Gasteiger partial charge in [-0.1, -0.05) is 25.1 Å². The highest BCUT2D eigenvalue weighted by Gasteiger charge is 2.20. The molecule has 1 aromatic carbocycles. The first-order chi connectivity index (χ1) is 8.29. The lowest BCUT2D eigenvalue weighted by molar-refractivity contribution is -0.115. The van der Waals surface area contributed by atoms with Gasteiger partial charge in [-0.25, -0.2) is 0 Å². The summed E-state index contributed by atoms with van der Waals surface area (Å²) >= 11 is 0. The van der Waals surface area contributed by atoms with Gasteiger partial charge in [0.2, 0.25) is 5.91 Å². The zero-order chi connectivity index (χ0) is 12.1. The van der Waals surface area contributed by atoms with E-state index in [0.717, 1.165) is 24.6 Å². The molecule has 100 valence electrons. The van der Waals surface area contributed by atoms with Crippen LogP contribution in [0.5, 0.6) is 0 Å². The van der Waals surface area contributed by atoms with Gasteiger partial charge in [0.05, 0.1) is 6.54 Å².